The molecule has 0 spiro atoms. The second kappa shape index (κ2) is 11.9. The summed E-state index contributed by atoms with van der Waals surface area (Å²) < 4.78 is 6.27. The number of urea groups is 2. The molecule has 10 nitrogen and oxygen atoms in total. The highest BCUT2D eigenvalue weighted by molar-refractivity contribution is 5.99. The molecule has 0 saturated heterocycles. The van der Waals surface area contributed by atoms with Gasteiger partial charge in [-0.1, -0.05) is 6.92 Å². The van der Waals surface area contributed by atoms with E-state index in [2.05, 4.69) is 16.0 Å². The summed E-state index contributed by atoms with van der Waals surface area (Å²) in [7, 11) is 1.70. The molecule has 0 aromatic heterocycles. The zero-order valence-electron chi connectivity index (χ0n) is 21.2. The molecule has 34 heavy (non-hydrogen) atoms. The van der Waals surface area contributed by atoms with Gasteiger partial charge in [0.05, 0.1) is 24.8 Å². The van der Waals surface area contributed by atoms with Crippen molar-refractivity contribution in [2.24, 2.45) is 5.92 Å². The number of ether oxygens (including phenoxy) is 1. The molecule has 1 aliphatic heterocycles. The molecule has 0 aliphatic carbocycles. The third-order valence-corrected chi connectivity index (χ3v) is 5.56. The predicted molar refractivity (Wildman–Crippen MR) is 131 cm³/mol. The number of aliphatic hydroxyl groups excluding tert-OH is 1. The zero-order chi connectivity index (χ0) is 25.6. The molecule has 1 heterocycles. The van der Waals surface area contributed by atoms with E-state index in [0.717, 1.165) is 0 Å². The molecule has 2 rings (SSSR count). The van der Waals surface area contributed by atoms with E-state index in [9.17, 15) is 19.5 Å². The summed E-state index contributed by atoms with van der Waals surface area (Å²) in [6, 6.07) is 3.87. The van der Waals surface area contributed by atoms with Gasteiger partial charge in [0.15, 0.2) is 0 Å². The van der Waals surface area contributed by atoms with E-state index in [4.69, 9.17) is 4.74 Å². The Bertz CT molecular complexity index is 875. The minimum absolute atomic E-state index is 0.00341. The molecule has 1 aromatic rings. The number of hydrogen-bond acceptors (Lipinski definition) is 5. The van der Waals surface area contributed by atoms with E-state index in [1.165, 1.54) is 0 Å². The van der Waals surface area contributed by atoms with Crippen molar-refractivity contribution in [2.75, 3.05) is 32.1 Å². The van der Waals surface area contributed by atoms with Crippen LogP contribution in [0.2, 0.25) is 0 Å². The van der Waals surface area contributed by atoms with Gasteiger partial charge in [-0.25, -0.2) is 9.59 Å². The maximum Gasteiger partial charge on any atom is 0.319 e. The van der Waals surface area contributed by atoms with Gasteiger partial charge in [0.1, 0.15) is 11.9 Å². The standard InChI is InChI=1S/C24H39N5O5/c1-14(2)25-23(32)27-18-8-9-20-19(10-18)22(31)29(17(6)13-30)11-16(5)21(34-20)12-28(7)24(33)26-15(3)4/h8-10,14-17,21,30H,11-13H2,1-7H3,(H,26,33)(H2,25,27,32)/t16-,17-,21-/m0/s1. The lowest BCUT2D eigenvalue weighted by Gasteiger charge is -2.38. The molecule has 10 heteroatoms. The molecule has 5 amide bonds. The molecular weight excluding hydrogens is 438 g/mol. The Labute approximate surface area is 202 Å². The van der Waals surface area contributed by atoms with Gasteiger partial charge in [-0.3, -0.25) is 4.79 Å². The van der Waals surface area contributed by atoms with Crippen molar-refractivity contribution in [3.05, 3.63) is 23.8 Å². The smallest absolute Gasteiger partial charge is 0.319 e. The van der Waals surface area contributed by atoms with Crippen molar-refractivity contribution in [1.82, 2.24) is 20.4 Å². The van der Waals surface area contributed by atoms with E-state index in [1.54, 1.807) is 42.0 Å². The van der Waals surface area contributed by atoms with Gasteiger partial charge in [0, 0.05) is 37.3 Å². The van der Waals surface area contributed by atoms with E-state index in [1.807, 2.05) is 34.6 Å². The maximum atomic E-state index is 13.4. The molecular formula is C24H39N5O5. The molecule has 190 valence electrons. The van der Waals surface area contributed by atoms with E-state index >= 15 is 0 Å². The van der Waals surface area contributed by atoms with Gasteiger partial charge in [-0.15, -0.1) is 0 Å². The number of carbonyl (C=O) groups is 3. The topological polar surface area (TPSA) is 123 Å². The lowest BCUT2D eigenvalue weighted by atomic mass is 9.99. The van der Waals surface area contributed by atoms with Crippen LogP contribution in [0.1, 0.15) is 51.9 Å². The number of nitrogens with zero attached hydrogens (tertiary/aromatic N) is 2. The number of nitrogens with one attached hydrogen (secondary N) is 3. The Hall–Kier alpha value is -3.01. The van der Waals surface area contributed by atoms with Crippen LogP contribution < -0.4 is 20.7 Å². The maximum absolute atomic E-state index is 13.4. The molecule has 0 radical (unpaired) electrons. The van der Waals surface area contributed by atoms with Crippen molar-refractivity contribution in [3.63, 3.8) is 0 Å². The van der Waals surface area contributed by atoms with Gasteiger partial charge in [0.25, 0.3) is 5.91 Å². The van der Waals surface area contributed by atoms with Crippen molar-refractivity contribution >= 4 is 23.7 Å². The Morgan fingerprint density at radius 1 is 1.18 bits per heavy atom. The highest BCUT2D eigenvalue weighted by Gasteiger charge is 2.34. The van der Waals surface area contributed by atoms with Crippen LogP contribution in [0.4, 0.5) is 15.3 Å². The Morgan fingerprint density at radius 3 is 2.41 bits per heavy atom. The molecule has 0 fully saturated rings. The van der Waals surface area contributed by atoms with E-state index in [0.29, 0.717) is 24.5 Å². The third-order valence-electron chi connectivity index (χ3n) is 5.56. The van der Waals surface area contributed by atoms with Gasteiger partial charge < -0.3 is 35.6 Å². The summed E-state index contributed by atoms with van der Waals surface area (Å²) in [6.07, 6.45) is -0.397. The normalized spacial score (nSPS) is 19.0. The lowest BCUT2D eigenvalue weighted by molar-refractivity contribution is 0.0366. The number of carbonyl (C=O) groups excluding carboxylic acids is 3. The Morgan fingerprint density at radius 2 is 1.82 bits per heavy atom. The monoisotopic (exact) mass is 477 g/mol. The first-order valence-electron chi connectivity index (χ1n) is 11.7. The molecule has 0 unspecified atom stereocenters. The number of aliphatic hydroxyl groups is 1. The fourth-order valence-corrected chi connectivity index (χ4v) is 3.66. The SMILES string of the molecule is CC(C)NC(=O)Nc1ccc2c(c1)C(=O)N([C@@H](C)CO)C[C@H](C)[C@H](CN(C)C(=O)NC(C)C)O2. The summed E-state index contributed by atoms with van der Waals surface area (Å²) in [5, 5.41) is 18.1. The van der Waals surface area contributed by atoms with Crippen LogP contribution in [0.25, 0.3) is 0 Å². The first-order chi connectivity index (χ1) is 15.9. The van der Waals surface area contributed by atoms with E-state index < -0.39 is 12.1 Å². The Balaban J connectivity index is 2.38. The number of fused-ring (bicyclic) bond motifs is 1. The largest absolute Gasteiger partial charge is 0.487 e. The van der Waals surface area contributed by atoms with Crippen LogP contribution in [0, 0.1) is 5.92 Å². The second-order valence-corrected chi connectivity index (χ2v) is 9.57. The number of likely N-dealkylation sites (N-methyl/N-ethyl adjacent to an activating group) is 1. The average molecular weight is 478 g/mol. The number of rotatable bonds is 7. The summed E-state index contributed by atoms with van der Waals surface area (Å²) in [5.41, 5.74) is 0.734. The van der Waals surface area contributed by atoms with Crippen LogP contribution in [-0.4, -0.2) is 83.8 Å². The van der Waals surface area contributed by atoms with E-state index in [-0.39, 0.29) is 48.1 Å². The summed E-state index contributed by atoms with van der Waals surface area (Å²) in [6.45, 7) is 11.7. The van der Waals surface area contributed by atoms with Gasteiger partial charge in [-0.05, 0) is 52.8 Å². The molecule has 0 saturated carbocycles. The minimum atomic E-state index is -0.413. The summed E-state index contributed by atoms with van der Waals surface area (Å²) >= 11 is 0. The number of benzene rings is 1. The van der Waals surface area contributed by atoms with Gasteiger partial charge in [-0.2, -0.15) is 0 Å². The van der Waals surface area contributed by atoms with Gasteiger partial charge >= 0.3 is 12.1 Å². The number of hydrogen-bond donors (Lipinski definition) is 4. The molecule has 4 N–H and O–H groups in total. The minimum Gasteiger partial charge on any atom is -0.487 e. The fraction of sp³-hybridized carbons (Fsp3) is 0.625. The second-order valence-electron chi connectivity index (χ2n) is 9.57. The lowest BCUT2D eigenvalue weighted by Crippen LogP contribution is -2.51. The van der Waals surface area contributed by atoms with Crippen LogP contribution in [-0.2, 0) is 0 Å². The first-order valence-corrected chi connectivity index (χ1v) is 11.7. The fourth-order valence-electron chi connectivity index (χ4n) is 3.66. The van der Waals surface area contributed by atoms with Crippen molar-refractivity contribution in [2.45, 2.75) is 65.8 Å². The van der Waals surface area contributed by atoms with Crippen molar-refractivity contribution in [1.29, 1.82) is 0 Å². The van der Waals surface area contributed by atoms with Crippen LogP contribution in [0.5, 0.6) is 5.75 Å². The quantitative estimate of drug-likeness (QED) is 0.480. The zero-order valence-corrected chi connectivity index (χ0v) is 21.2. The van der Waals surface area contributed by atoms with Crippen LogP contribution >= 0.6 is 0 Å². The van der Waals surface area contributed by atoms with Crippen LogP contribution in [0.3, 0.4) is 0 Å². The number of anilines is 1. The predicted octanol–water partition coefficient (Wildman–Crippen LogP) is 2.49. The molecule has 1 aliphatic rings. The molecule has 0 bridgehead atoms. The highest BCUT2D eigenvalue weighted by Crippen LogP contribution is 2.30. The summed E-state index contributed by atoms with van der Waals surface area (Å²) in [5.74, 6) is -0.0418. The molecule has 3 atom stereocenters. The van der Waals surface area contributed by atoms with Crippen LogP contribution in [0.15, 0.2) is 18.2 Å². The van der Waals surface area contributed by atoms with Gasteiger partial charge in [0.2, 0.25) is 0 Å². The third kappa shape index (κ3) is 7.24. The summed E-state index contributed by atoms with van der Waals surface area (Å²) in [4.78, 5) is 41.2. The molecule has 1 aromatic carbocycles. The van der Waals surface area contributed by atoms with Crippen molar-refractivity contribution < 1.29 is 24.2 Å². The first kappa shape index (κ1) is 27.2. The Kier molecular flexibility index (Phi) is 9.55. The number of amides is 5. The highest BCUT2D eigenvalue weighted by atomic mass is 16.5. The average Bonchev–Trinajstić information content (AvgIpc) is 2.74. The van der Waals surface area contributed by atoms with Crippen molar-refractivity contribution in [3.8, 4) is 5.75 Å².